The van der Waals surface area contributed by atoms with Crippen LogP contribution in [0.1, 0.15) is 12.8 Å². The summed E-state index contributed by atoms with van der Waals surface area (Å²) in [5.41, 5.74) is 17.3. The number of ether oxygens (including phenoxy) is 3. The number of carbonyl (C=O) groups excluding carboxylic acids is 1. The molecule has 2 fully saturated rings. The maximum atomic E-state index is 12.0. The molecule has 0 spiro atoms. The summed E-state index contributed by atoms with van der Waals surface area (Å²) < 4.78 is 16.2. The van der Waals surface area contributed by atoms with Crippen molar-refractivity contribution >= 4 is 5.91 Å². The first-order chi connectivity index (χ1) is 14.1. The van der Waals surface area contributed by atoms with Crippen molar-refractivity contribution in [1.29, 1.82) is 0 Å². The molecule has 1 amide bonds. The zero-order valence-electron chi connectivity index (χ0n) is 16.8. The smallest absolute Gasteiger partial charge is 0.249 e. The highest BCUT2D eigenvalue weighted by Crippen LogP contribution is 2.28. The molecule has 12 N–H and O–H groups in total. The first-order valence-electron chi connectivity index (χ1n) is 9.84. The molecule has 13 nitrogen and oxygen atoms in total. The van der Waals surface area contributed by atoms with E-state index in [-0.39, 0.29) is 26.0 Å². The van der Waals surface area contributed by atoms with Gasteiger partial charge in [-0.05, 0) is 19.4 Å². The Morgan fingerprint density at radius 3 is 2.43 bits per heavy atom. The quantitative estimate of drug-likeness (QED) is 0.172. The Bertz CT molecular complexity index is 559. The third kappa shape index (κ3) is 5.63. The fraction of sp³-hybridized carbons (Fsp3) is 0.941. The van der Waals surface area contributed by atoms with Gasteiger partial charge in [-0.1, -0.05) is 0 Å². The minimum absolute atomic E-state index is 0.0264. The number of carbonyl (C=O) groups is 1. The number of nitrogens with one attached hydrogen (secondary N) is 1. The van der Waals surface area contributed by atoms with Crippen LogP contribution in [0.5, 0.6) is 0 Å². The fourth-order valence-electron chi connectivity index (χ4n) is 3.68. The van der Waals surface area contributed by atoms with E-state index in [1.54, 1.807) is 0 Å². The van der Waals surface area contributed by atoms with E-state index >= 15 is 0 Å². The third-order valence-corrected chi connectivity index (χ3v) is 5.49. The molecule has 1 aliphatic heterocycles. The van der Waals surface area contributed by atoms with Gasteiger partial charge >= 0.3 is 0 Å². The van der Waals surface area contributed by atoms with Crippen LogP contribution in [-0.4, -0.2) is 119 Å². The van der Waals surface area contributed by atoms with Gasteiger partial charge in [0.25, 0.3) is 0 Å². The molecule has 0 bridgehead atoms. The van der Waals surface area contributed by atoms with Gasteiger partial charge in [0.1, 0.15) is 42.7 Å². The summed E-state index contributed by atoms with van der Waals surface area (Å²) in [5.74, 6) is -0.736. The molecule has 0 radical (unpaired) electrons. The van der Waals surface area contributed by atoms with Gasteiger partial charge in [-0.2, -0.15) is 0 Å². The van der Waals surface area contributed by atoms with Crippen molar-refractivity contribution in [2.75, 3.05) is 20.3 Å². The number of aliphatic hydroxyl groups is 5. The van der Waals surface area contributed by atoms with Crippen LogP contribution in [-0.2, 0) is 19.0 Å². The molecule has 30 heavy (non-hydrogen) atoms. The largest absolute Gasteiger partial charge is 0.388 e. The maximum Gasteiger partial charge on any atom is 0.249 e. The van der Waals surface area contributed by atoms with Gasteiger partial charge in [0.05, 0.1) is 18.7 Å². The maximum absolute atomic E-state index is 12.0. The second-order valence-electron chi connectivity index (χ2n) is 7.75. The highest BCUT2D eigenvalue weighted by Gasteiger charge is 2.49. The third-order valence-electron chi connectivity index (χ3n) is 5.49. The van der Waals surface area contributed by atoms with E-state index in [1.807, 2.05) is 0 Å². The molecule has 2 aliphatic rings. The second-order valence-corrected chi connectivity index (χ2v) is 7.75. The predicted molar refractivity (Wildman–Crippen MR) is 102 cm³/mol. The lowest BCUT2D eigenvalue weighted by Gasteiger charge is -2.46. The summed E-state index contributed by atoms with van der Waals surface area (Å²) in [4.78, 5) is 12.0. The molecule has 5 unspecified atom stereocenters. The van der Waals surface area contributed by atoms with Gasteiger partial charge in [0.15, 0.2) is 6.29 Å². The topological polar surface area (TPSA) is 236 Å². The molecule has 2 rings (SSSR count). The lowest BCUT2D eigenvalue weighted by molar-refractivity contribution is -0.295. The number of hydrogen-bond donors (Lipinski definition) is 9. The van der Waals surface area contributed by atoms with Crippen LogP contribution in [0.3, 0.4) is 0 Å². The van der Waals surface area contributed by atoms with Gasteiger partial charge in [-0.15, -0.1) is 0 Å². The monoisotopic (exact) mass is 438 g/mol. The Morgan fingerprint density at radius 2 is 1.83 bits per heavy atom. The zero-order valence-corrected chi connectivity index (χ0v) is 16.8. The number of aliphatic hydroxyl groups excluding tert-OH is 5. The van der Waals surface area contributed by atoms with E-state index in [0.29, 0.717) is 0 Å². The minimum Gasteiger partial charge on any atom is -0.388 e. The van der Waals surface area contributed by atoms with Crippen molar-refractivity contribution in [3.63, 3.8) is 0 Å². The van der Waals surface area contributed by atoms with Gasteiger partial charge in [-0.25, -0.2) is 0 Å². The molecule has 1 saturated heterocycles. The average Bonchev–Trinajstić information content (AvgIpc) is 2.70. The standard InChI is InChI=1S/C17H34N4O9/c1-28-5-9-12(24)13(25)10(20)17(29-9)30-15-6(19)4-7(11(23)14(15)26)21-16(27)8(22)2-3-18/h6-15,17,22-26H,2-5,18-20H2,1H3,(H,21,27)/t6?,7-,8+,9?,10?,11-,12-,13?,14?,15-,17-/m1/s1. The molecule has 0 aromatic carbocycles. The minimum atomic E-state index is -1.52. The number of methoxy groups -OCH3 is 1. The van der Waals surface area contributed by atoms with Crippen molar-refractivity contribution in [1.82, 2.24) is 5.32 Å². The Labute approximate surface area is 174 Å². The van der Waals surface area contributed by atoms with Crippen LogP contribution in [0.15, 0.2) is 0 Å². The van der Waals surface area contributed by atoms with Crippen molar-refractivity contribution in [2.24, 2.45) is 17.2 Å². The highest BCUT2D eigenvalue weighted by atomic mass is 16.7. The van der Waals surface area contributed by atoms with E-state index in [9.17, 15) is 30.3 Å². The Kier molecular flexibility index (Phi) is 9.32. The Hall–Kier alpha value is -0.970. The molecule has 11 atom stereocenters. The molecule has 1 heterocycles. The van der Waals surface area contributed by atoms with Crippen molar-refractivity contribution in [3.8, 4) is 0 Å². The van der Waals surface area contributed by atoms with Crippen molar-refractivity contribution in [2.45, 2.75) is 80.0 Å². The first kappa shape index (κ1) is 25.3. The number of rotatable bonds is 8. The Morgan fingerprint density at radius 1 is 1.17 bits per heavy atom. The summed E-state index contributed by atoms with van der Waals surface area (Å²) in [6.45, 7) is 0.0675. The van der Waals surface area contributed by atoms with E-state index in [4.69, 9.17) is 31.4 Å². The first-order valence-corrected chi connectivity index (χ1v) is 9.84. The SMILES string of the molecule is COCC1O[C@H](O[C@@H]2C(N)C[C@@H](NC(=O)[C@@H](O)CCN)[C@@H](O)C2O)C(N)C(O)[C@@H]1O. The molecular formula is C17H34N4O9. The summed E-state index contributed by atoms with van der Waals surface area (Å²) in [7, 11) is 1.39. The summed E-state index contributed by atoms with van der Waals surface area (Å²) in [6.07, 6.45) is -10.2. The lowest BCUT2D eigenvalue weighted by atomic mass is 9.84. The van der Waals surface area contributed by atoms with E-state index in [0.717, 1.165) is 0 Å². The number of nitrogens with two attached hydrogens (primary N) is 3. The number of amides is 1. The van der Waals surface area contributed by atoms with Crippen LogP contribution in [0.2, 0.25) is 0 Å². The highest BCUT2D eigenvalue weighted by molar-refractivity contribution is 5.80. The summed E-state index contributed by atoms with van der Waals surface area (Å²) in [5, 5.41) is 53.3. The second kappa shape index (κ2) is 11.1. The van der Waals surface area contributed by atoms with Gasteiger partial charge in [-0.3, -0.25) is 4.79 Å². The fourth-order valence-corrected chi connectivity index (χ4v) is 3.68. The van der Waals surface area contributed by atoms with Gasteiger partial charge in [0, 0.05) is 13.2 Å². The van der Waals surface area contributed by atoms with Crippen LogP contribution in [0.25, 0.3) is 0 Å². The molecule has 0 aromatic rings. The van der Waals surface area contributed by atoms with E-state index in [2.05, 4.69) is 5.32 Å². The summed E-state index contributed by atoms with van der Waals surface area (Å²) in [6, 6.07) is -2.92. The van der Waals surface area contributed by atoms with Crippen LogP contribution < -0.4 is 22.5 Å². The van der Waals surface area contributed by atoms with E-state index in [1.165, 1.54) is 7.11 Å². The summed E-state index contributed by atoms with van der Waals surface area (Å²) >= 11 is 0. The van der Waals surface area contributed by atoms with Crippen molar-refractivity contribution < 1.29 is 44.5 Å². The average molecular weight is 438 g/mol. The molecule has 176 valence electrons. The molecule has 1 aliphatic carbocycles. The number of hydrogen-bond acceptors (Lipinski definition) is 12. The molecule has 0 aromatic heterocycles. The van der Waals surface area contributed by atoms with Crippen LogP contribution in [0.4, 0.5) is 0 Å². The lowest BCUT2D eigenvalue weighted by Crippen LogP contribution is -2.68. The zero-order chi connectivity index (χ0) is 22.6. The predicted octanol–water partition coefficient (Wildman–Crippen LogP) is -5.56. The molecule has 1 saturated carbocycles. The molecular weight excluding hydrogens is 404 g/mol. The van der Waals surface area contributed by atoms with Gasteiger partial charge in [0.2, 0.25) is 5.91 Å². The van der Waals surface area contributed by atoms with Crippen molar-refractivity contribution in [3.05, 3.63) is 0 Å². The normalized spacial score (nSPS) is 43.2. The van der Waals surface area contributed by atoms with Gasteiger partial charge < -0.3 is 62.3 Å². The Balaban J connectivity index is 2.03. The van der Waals surface area contributed by atoms with Crippen LogP contribution in [0, 0.1) is 0 Å². The van der Waals surface area contributed by atoms with E-state index < -0.39 is 73.1 Å². The van der Waals surface area contributed by atoms with Crippen LogP contribution >= 0.6 is 0 Å². The molecule has 13 heteroatoms.